The summed E-state index contributed by atoms with van der Waals surface area (Å²) < 4.78 is 11.8. The quantitative estimate of drug-likeness (QED) is 0.665. The fourth-order valence-electron chi connectivity index (χ4n) is 2.91. The van der Waals surface area contributed by atoms with Crippen molar-refractivity contribution in [1.29, 1.82) is 0 Å². The molecule has 2 aromatic carbocycles. The zero-order valence-corrected chi connectivity index (χ0v) is 16.5. The number of oxazole rings is 1. The number of halogens is 1. The van der Waals surface area contributed by atoms with E-state index in [9.17, 15) is 9.59 Å². The fourth-order valence-corrected chi connectivity index (χ4v) is 3.25. The third-order valence-electron chi connectivity index (χ3n) is 4.18. The molecule has 0 unspecified atom stereocenters. The number of nitrogens with zero attached hydrogens (tertiary/aromatic N) is 2. The van der Waals surface area contributed by atoms with Crippen molar-refractivity contribution in [2.24, 2.45) is 0 Å². The van der Waals surface area contributed by atoms with Crippen LogP contribution < -0.4 is 15.0 Å². The molecule has 2 amide bonds. The SMILES string of the molecule is Cc1cnc(-c2cccc(NC(=O)CN3C(=O)COc4cc(Br)ccc43)c2)o1. The number of benzene rings is 2. The number of nitrogens with one attached hydrogen (secondary N) is 1. The van der Waals surface area contributed by atoms with E-state index in [4.69, 9.17) is 9.15 Å². The van der Waals surface area contributed by atoms with Crippen LogP contribution in [-0.4, -0.2) is 29.9 Å². The second-order valence-corrected chi connectivity index (χ2v) is 7.20. The summed E-state index contributed by atoms with van der Waals surface area (Å²) in [5, 5.41) is 2.82. The standard InChI is InChI=1S/C20H16BrN3O4/c1-12-9-22-20(28-12)13-3-2-4-15(7-13)23-18(25)10-24-16-6-5-14(21)8-17(16)27-11-19(24)26/h2-9H,10-11H2,1H3,(H,23,25). The second-order valence-electron chi connectivity index (χ2n) is 6.29. The summed E-state index contributed by atoms with van der Waals surface area (Å²) in [5.74, 6) is 1.17. The number of amides is 2. The van der Waals surface area contributed by atoms with Gasteiger partial charge in [-0.25, -0.2) is 4.98 Å². The molecule has 0 bridgehead atoms. The molecule has 8 heteroatoms. The van der Waals surface area contributed by atoms with Gasteiger partial charge in [0.2, 0.25) is 11.8 Å². The van der Waals surface area contributed by atoms with E-state index in [2.05, 4.69) is 26.2 Å². The lowest BCUT2D eigenvalue weighted by atomic mass is 10.2. The Morgan fingerprint density at radius 2 is 2.14 bits per heavy atom. The van der Waals surface area contributed by atoms with Gasteiger partial charge in [0, 0.05) is 15.7 Å². The predicted molar refractivity (Wildman–Crippen MR) is 107 cm³/mol. The number of anilines is 2. The first-order chi connectivity index (χ1) is 13.5. The molecule has 7 nitrogen and oxygen atoms in total. The molecule has 3 aromatic rings. The fraction of sp³-hybridized carbons (Fsp3) is 0.150. The van der Waals surface area contributed by atoms with Gasteiger partial charge >= 0.3 is 0 Å². The number of carbonyl (C=O) groups is 2. The number of aryl methyl sites for hydroxylation is 1. The third-order valence-corrected chi connectivity index (χ3v) is 4.67. The van der Waals surface area contributed by atoms with Crippen LogP contribution in [0.3, 0.4) is 0 Å². The highest BCUT2D eigenvalue weighted by Gasteiger charge is 2.27. The number of fused-ring (bicyclic) bond motifs is 1. The topological polar surface area (TPSA) is 84.7 Å². The Morgan fingerprint density at radius 3 is 2.93 bits per heavy atom. The molecule has 0 fully saturated rings. The number of hydrogen-bond acceptors (Lipinski definition) is 5. The average molecular weight is 442 g/mol. The average Bonchev–Trinajstić information content (AvgIpc) is 3.11. The van der Waals surface area contributed by atoms with Crippen LogP contribution in [0.4, 0.5) is 11.4 Å². The largest absolute Gasteiger partial charge is 0.482 e. The zero-order chi connectivity index (χ0) is 19.7. The Bertz CT molecular complexity index is 1060. The number of carbonyl (C=O) groups excluding carboxylic acids is 2. The molecule has 0 aliphatic carbocycles. The maximum atomic E-state index is 12.6. The Labute approximate surface area is 169 Å². The highest BCUT2D eigenvalue weighted by atomic mass is 79.9. The Hall–Kier alpha value is -3.13. The van der Waals surface area contributed by atoms with Gasteiger partial charge in [-0.2, -0.15) is 0 Å². The number of ether oxygens (including phenoxy) is 1. The van der Waals surface area contributed by atoms with Gasteiger partial charge in [0.1, 0.15) is 18.1 Å². The molecule has 1 N–H and O–H groups in total. The third kappa shape index (κ3) is 3.77. The minimum Gasteiger partial charge on any atom is -0.482 e. The number of rotatable bonds is 4. The van der Waals surface area contributed by atoms with Crippen LogP contribution in [-0.2, 0) is 9.59 Å². The molecule has 4 rings (SSSR count). The lowest BCUT2D eigenvalue weighted by Gasteiger charge is -2.29. The summed E-state index contributed by atoms with van der Waals surface area (Å²) in [6, 6.07) is 12.5. The predicted octanol–water partition coefficient (Wildman–Crippen LogP) is 3.78. The Kier molecular flexibility index (Phi) is 4.87. The molecule has 28 heavy (non-hydrogen) atoms. The van der Waals surface area contributed by atoms with E-state index in [0.717, 1.165) is 10.0 Å². The smallest absolute Gasteiger partial charge is 0.265 e. The summed E-state index contributed by atoms with van der Waals surface area (Å²) in [6.07, 6.45) is 1.64. The molecule has 142 valence electrons. The van der Waals surface area contributed by atoms with Crippen LogP contribution in [0.25, 0.3) is 11.5 Å². The molecule has 0 saturated carbocycles. The minimum absolute atomic E-state index is 0.101. The Balaban J connectivity index is 1.50. The van der Waals surface area contributed by atoms with E-state index in [-0.39, 0.29) is 25.0 Å². The van der Waals surface area contributed by atoms with E-state index in [1.807, 2.05) is 13.0 Å². The molecule has 1 aromatic heterocycles. The van der Waals surface area contributed by atoms with Crippen molar-refractivity contribution in [1.82, 2.24) is 4.98 Å². The molecule has 0 radical (unpaired) electrons. The van der Waals surface area contributed by atoms with Gasteiger partial charge in [0.15, 0.2) is 6.61 Å². The van der Waals surface area contributed by atoms with E-state index in [0.29, 0.717) is 28.8 Å². The molecule has 0 saturated heterocycles. The molecule has 0 spiro atoms. The maximum Gasteiger partial charge on any atom is 0.265 e. The van der Waals surface area contributed by atoms with Gasteiger partial charge < -0.3 is 14.5 Å². The van der Waals surface area contributed by atoms with Gasteiger partial charge in [-0.05, 0) is 43.3 Å². The van der Waals surface area contributed by atoms with Crippen molar-refractivity contribution < 1.29 is 18.7 Å². The molecule has 2 heterocycles. The molecular formula is C20H16BrN3O4. The first-order valence-corrected chi connectivity index (χ1v) is 9.34. The highest BCUT2D eigenvalue weighted by Crippen LogP contribution is 2.34. The summed E-state index contributed by atoms with van der Waals surface area (Å²) in [4.78, 5) is 30.4. The second kappa shape index (κ2) is 7.47. The zero-order valence-electron chi connectivity index (χ0n) is 14.9. The summed E-state index contributed by atoms with van der Waals surface area (Å²) in [5.41, 5.74) is 1.91. The van der Waals surface area contributed by atoms with Crippen LogP contribution in [0.15, 0.2) is 57.6 Å². The Morgan fingerprint density at radius 1 is 1.29 bits per heavy atom. The van der Waals surface area contributed by atoms with Crippen LogP contribution in [0, 0.1) is 6.92 Å². The van der Waals surface area contributed by atoms with Gasteiger partial charge in [-0.3, -0.25) is 14.5 Å². The van der Waals surface area contributed by atoms with Crippen LogP contribution in [0.2, 0.25) is 0 Å². The first-order valence-electron chi connectivity index (χ1n) is 8.55. The normalized spacial score (nSPS) is 13.1. The summed E-state index contributed by atoms with van der Waals surface area (Å²) in [6.45, 7) is 1.60. The summed E-state index contributed by atoms with van der Waals surface area (Å²) in [7, 11) is 0. The van der Waals surface area contributed by atoms with E-state index >= 15 is 0 Å². The lowest BCUT2D eigenvalue weighted by Crippen LogP contribution is -2.43. The van der Waals surface area contributed by atoms with Crippen molar-refractivity contribution in [2.45, 2.75) is 6.92 Å². The molecule has 1 aliphatic heterocycles. The van der Waals surface area contributed by atoms with Crippen LogP contribution in [0.5, 0.6) is 5.75 Å². The van der Waals surface area contributed by atoms with Crippen molar-refractivity contribution >= 4 is 39.1 Å². The van der Waals surface area contributed by atoms with Crippen LogP contribution in [0.1, 0.15) is 5.76 Å². The van der Waals surface area contributed by atoms with E-state index in [1.165, 1.54) is 4.90 Å². The van der Waals surface area contributed by atoms with Crippen molar-refractivity contribution in [3.05, 3.63) is 58.9 Å². The van der Waals surface area contributed by atoms with Gasteiger partial charge in [0.25, 0.3) is 5.91 Å². The lowest BCUT2D eigenvalue weighted by molar-refractivity contribution is -0.123. The highest BCUT2D eigenvalue weighted by molar-refractivity contribution is 9.10. The first kappa shape index (κ1) is 18.2. The molecule has 1 aliphatic rings. The van der Waals surface area contributed by atoms with Crippen molar-refractivity contribution in [2.75, 3.05) is 23.4 Å². The van der Waals surface area contributed by atoms with Gasteiger partial charge in [0.05, 0.1) is 11.9 Å². The van der Waals surface area contributed by atoms with E-state index < -0.39 is 0 Å². The molecular weight excluding hydrogens is 426 g/mol. The van der Waals surface area contributed by atoms with Crippen LogP contribution >= 0.6 is 15.9 Å². The van der Waals surface area contributed by atoms with Crippen molar-refractivity contribution in [3.8, 4) is 17.2 Å². The van der Waals surface area contributed by atoms with Gasteiger partial charge in [-0.15, -0.1) is 0 Å². The van der Waals surface area contributed by atoms with Gasteiger partial charge in [-0.1, -0.05) is 22.0 Å². The number of aromatic nitrogens is 1. The maximum absolute atomic E-state index is 12.6. The number of hydrogen-bond donors (Lipinski definition) is 1. The minimum atomic E-state index is -0.315. The van der Waals surface area contributed by atoms with Crippen molar-refractivity contribution in [3.63, 3.8) is 0 Å². The summed E-state index contributed by atoms with van der Waals surface area (Å²) >= 11 is 3.37. The van der Waals surface area contributed by atoms with E-state index in [1.54, 1.807) is 42.6 Å². The molecule has 0 atom stereocenters. The monoisotopic (exact) mass is 441 g/mol.